The second kappa shape index (κ2) is 5.82. The minimum absolute atomic E-state index is 0.0921. The lowest BCUT2D eigenvalue weighted by Crippen LogP contribution is -2.38. The third-order valence-electron chi connectivity index (χ3n) is 3.03. The Kier molecular flexibility index (Phi) is 5.02. The highest BCUT2D eigenvalue weighted by molar-refractivity contribution is 7.92. The van der Waals surface area contributed by atoms with Crippen LogP contribution in [0, 0.1) is 0 Å². The molecule has 1 aliphatic rings. The largest absolute Gasteiger partial charge is 0.320 e. The van der Waals surface area contributed by atoms with Crippen molar-refractivity contribution in [2.75, 3.05) is 39.5 Å². The van der Waals surface area contributed by atoms with Crippen LogP contribution in [-0.4, -0.2) is 58.1 Å². The van der Waals surface area contributed by atoms with Gasteiger partial charge in [-0.2, -0.15) is 0 Å². The van der Waals surface area contributed by atoms with E-state index in [1.54, 1.807) is 0 Å². The highest BCUT2D eigenvalue weighted by Crippen LogP contribution is 2.17. The van der Waals surface area contributed by atoms with Gasteiger partial charge in [0.25, 0.3) is 0 Å². The van der Waals surface area contributed by atoms with Crippen molar-refractivity contribution < 1.29 is 8.42 Å². The van der Waals surface area contributed by atoms with E-state index in [0.29, 0.717) is 5.75 Å². The number of likely N-dealkylation sites (tertiary alicyclic amines) is 1. The first kappa shape index (κ1) is 12.9. The third kappa shape index (κ3) is 4.09. The molecule has 0 radical (unpaired) electrons. The van der Waals surface area contributed by atoms with Crippen LogP contribution in [0.15, 0.2) is 0 Å². The van der Waals surface area contributed by atoms with Gasteiger partial charge in [0.05, 0.1) is 11.0 Å². The van der Waals surface area contributed by atoms with Gasteiger partial charge < -0.3 is 10.2 Å². The Morgan fingerprint density at radius 3 is 2.47 bits per heavy atom. The molecule has 0 aromatic carbocycles. The maximum absolute atomic E-state index is 11.9. The van der Waals surface area contributed by atoms with Crippen LogP contribution in [0.3, 0.4) is 0 Å². The summed E-state index contributed by atoms with van der Waals surface area (Å²) in [5, 5.41) is 2.89. The zero-order valence-corrected chi connectivity index (χ0v) is 10.5. The molecule has 15 heavy (non-hydrogen) atoms. The molecule has 5 heteroatoms. The molecule has 1 saturated heterocycles. The molecule has 1 rings (SSSR count). The topological polar surface area (TPSA) is 49.4 Å². The first-order valence-corrected chi connectivity index (χ1v) is 7.32. The second-order valence-corrected chi connectivity index (χ2v) is 6.73. The first-order valence-electron chi connectivity index (χ1n) is 5.61. The molecule has 4 nitrogen and oxygen atoms in total. The summed E-state index contributed by atoms with van der Waals surface area (Å²) in [5.74, 6) is 0.336. The van der Waals surface area contributed by atoms with E-state index in [9.17, 15) is 8.42 Å². The lowest BCUT2D eigenvalue weighted by atomic mass is 10.1. The van der Waals surface area contributed by atoms with Gasteiger partial charge >= 0.3 is 0 Å². The third-order valence-corrected chi connectivity index (χ3v) is 5.37. The van der Waals surface area contributed by atoms with E-state index in [1.165, 1.54) is 0 Å². The Morgan fingerprint density at radius 2 is 1.93 bits per heavy atom. The summed E-state index contributed by atoms with van der Waals surface area (Å²) in [6, 6.07) is 0. The Hall–Kier alpha value is -0.130. The summed E-state index contributed by atoms with van der Waals surface area (Å²) in [5.41, 5.74) is 0. The van der Waals surface area contributed by atoms with Gasteiger partial charge in [-0.1, -0.05) is 0 Å². The maximum Gasteiger partial charge on any atom is 0.153 e. The van der Waals surface area contributed by atoms with Crippen molar-refractivity contribution in [2.45, 2.75) is 24.5 Å². The molecule has 1 aliphatic heterocycles. The van der Waals surface area contributed by atoms with Crippen LogP contribution in [0.25, 0.3) is 0 Å². The van der Waals surface area contributed by atoms with Crippen LogP contribution in [0.5, 0.6) is 0 Å². The fraction of sp³-hybridized carbons (Fsp3) is 1.00. The minimum Gasteiger partial charge on any atom is -0.320 e. The lowest BCUT2D eigenvalue weighted by Gasteiger charge is -2.28. The quantitative estimate of drug-likeness (QED) is 0.686. The molecule has 1 heterocycles. The summed E-state index contributed by atoms with van der Waals surface area (Å²) in [6.45, 7) is 2.61. The fourth-order valence-corrected chi connectivity index (χ4v) is 3.77. The Balaban J connectivity index is 2.40. The average molecular weight is 234 g/mol. The van der Waals surface area contributed by atoms with Crippen molar-refractivity contribution in [3.05, 3.63) is 0 Å². The van der Waals surface area contributed by atoms with Crippen molar-refractivity contribution >= 4 is 9.84 Å². The van der Waals surface area contributed by atoms with Gasteiger partial charge in [0.2, 0.25) is 0 Å². The Morgan fingerprint density at radius 1 is 1.33 bits per heavy atom. The molecule has 1 N–H and O–H groups in total. The van der Waals surface area contributed by atoms with Gasteiger partial charge in [0.1, 0.15) is 0 Å². The van der Waals surface area contributed by atoms with E-state index in [2.05, 4.69) is 10.2 Å². The van der Waals surface area contributed by atoms with Crippen molar-refractivity contribution in [2.24, 2.45) is 0 Å². The van der Waals surface area contributed by atoms with Gasteiger partial charge in [0.15, 0.2) is 9.84 Å². The van der Waals surface area contributed by atoms with E-state index in [1.807, 2.05) is 14.1 Å². The number of sulfone groups is 1. The molecular weight excluding hydrogens is 212 g/mol. The summed E-state index contributed by atoms with van der Waals surface area (Å²) in [6.07, 6.45) is 2.34. The SMILES string of the molecule is CNCCCS(=O)(=O)C1CCN(C)CC1. The summed E-state index contributed by atoms with van der Waals surface area (Å²) >= 11 is 0. The normalized spacial score (nSPS) is 20.7. The van der Waals surface area contributed by atoms with Crippen LogP contribution in [0.2, 0.25) is 0 Å². The summed E-state index contributed by atoms with van der Waals surface area (Å²) < 4.78 is 23.8. The zero-order chi connectivity index (χ0) is 11.3. The van der Waals surface area contributed by atoms with E-state index in [-0.39, 0.29) is 5.25 Å². The predicted octanol–water partition coefficient (Wildman–Crippen LogP) is 0.105. The smallest absolute Gasteiger partial charge is 0.153 e. The lowest BCUT2D eigenvalue weighted by molar-refractivity contribution is 0.277. The highest BCUT2D eigenvalue weighted by Gasteiger charge is 2.27. The van der Waals surface area contributed by atoms with Crippen molar-refractivity contribution in [1.82, 2.24) is 10.2 Å². The van der Waals surface area contributed by atoms with E-state index in [0.717, 1.165) is 38.9 Å². The van der Waals surface area contributed by atoms with Gasteiger partial charge in [-0.15, -0.1) is 0 Å². The molecule has 0 spiro atoms. The van der Waals surface area contributed by atoms with E-state index >= 15 is 0 Å². The Labute approximate surface area is 93.0 Å². The number of piperidine rings is 1. The standard InChI is InChI=1S/C10H22N2O2S/c1-11-6-3-9-15(13,14)10-4-7-12(2)8-5-10/h10-11H,3-9H2,1-2H3. The average Bonchev–Trinajstić information content (AvgIpc) is 2.18. The number of hydrogen-bond acceptors (Lipinski definition) is 4. The first-order chi connectivity index (χ1) is 7.06. The molecule has 0 unspecified atom stereocenters. The van der Waals surface area contributed by atoms with Crippen LogP contribution in [-0.2, 0) is 9.84 Å². The molecule has 0 bridgehead atoms. The molecular formula is C10H22N2O2S. The van der Waals surface area contributed by atoms with E-state index in [4.69, 9.17) is 0 Å². The number of rotatable bonds is 5. The number of nitrogens with zero attached hydrogens (tertiary/aromatic N) is 1. The number of nitrogens with one attached hydrogen (secondary N) is 1. The molecule has 0 atom stereocenters. The minimum atomic E-state index is -2.85. The molecule has 1 fully saturated rings. The second-order valence-electron chi connectivity index (χ2n) is 4.33. The van der Waals surface area contributed by atoms with Crippen LogP contribution >= 0.6 is 0 Å². The van der Waals surface area contributed by atoms with Crippen LogP contribution in [0.1, 0.15) is 19.3 Å². The Bertz CT molecular complexity index is 269. The van der Waals surface area contributed by atoms with Gasteiger partial charge in [-0.3, -0.25) is 0 Å². The van der Waals surface area contributed by atoms with Crippen molar-refractivity contribution in [3.63, 3.8) is 0 Å². The van der Waals surface area contributed by atoms with Gasteiger partial charge in [-0.25, -0.2) is 8.42 Å². The van der Waals surface area contributed by atoms with Crippen molar-refractivity contribution in [3.8, 4) is 0 Å². The van der Waals surface area contributed by atoms with E-state index < -0.39 is 9.84 Å². The van der Waals surface area contributed by atoms with Crippen LogP contribution in [0.4, 0.5) is 0 Å². The molecule has 0 aliphatic carbocycles. The van der Waals surface area contributed by atoms with Crippen molar-refractivity contribution in [1.29, 1.82) is 0 Å². The fourth-order valence-electron chi connectivity index (χ4n) is 1.96. The highest BCUT2D eigenvalue weighted by atomic mass is 32.2. The summed E-state index contributed by atoms with van der Waals surface area (Å²) in [4.78, 5) is 2.19. The number of hydrogen-bond donors (Lipinski definition) is 1. The molecule has 0 aromatic heterocycles. The van der Waals surface area contributed by atoms with Gasteiger partial charge in [-0.05, 0) is 53.0 Å². The predicted molar refractivity (Wildman–Crippen MR) is 62.8 cm³/mol. The maximum atomic E-state index is 11.9. The molecule has 90 valence electrons. The summed E-state index contributed by atoms with van der Waals surface area (Å²) in [7, 11) is 1.05. The monoisotopic (exact) mass is 234 g/mol. The van der Waals surface area contributed by atoms with Crippen LogP contribution < -0.4 is 5.32 Å². The zero-order valence-electron chi connectivity index (χ0n) is 9.70. The molecule has 0 amide bonds. The molecule has 0 aromatic rings. The van der Waals surface area contributed by atoms with Gasteiger partial charge in [0, 0.05) is 0 Å². The molecule has 0 saturated carbocycles.